The predicted octanol–water partition coefficient (Wildman–Crippen LogP) is 5.40. The molecule has 2 aromatic carbocycles. The standard InChI is InChI=1S/C23H21FN4O2/c1-14-5-7-16(8-6-14)23(3,4)17-9-11-18(12-10-17)30-22-25-13-19(24)20(26-22)21-28-27-15(2)29-21/h5-13H,1-4H3. The molecular weight excluding hydrogens is 383 g/mol. The van der Waals surface area contributed by atoms with Gasteiger partial charge in [0.25, 0.3) is 5.89 Å². The number of nitrogens with zero attached hydrogens (tertiary/aromatic N) is 4. The van der Waals surface area contributed by atoms with Crippen molar-refractivity contribution >= 4 is 0 Å². The van der Waals surface area contributed by atoms with Crippen LogP contribution in [0, 0.1) is 19.7 Å². The maximum Gasteiger partial charge on any atom is 0.322 e. The third-order valence-corrected chi connectivity index (χ3v) is 5.01. The molecule has 6 nitrogen and oxygen atoms in total. The lowest BCUT2D eigenvalue weighted by molar-refractivity contribution is 0.434. The highest BCUT2D eigenvalue weighted by Gasteiger charge is 2.23. The lowest BCUT2D eigenvalue weighted by Crippen LogP contribution is -2.18. The molecule has 152 valence electrons. The van der Waals surface area contributed by atoms with Crippen LogP contribution in [-0.2, 0) is 5.41 Å². The van der Waals surface area contributed by atoms with E-state index in [0.29, 0.717) is 11.6 Å². The first-order valence-electron chi connectivity index (χ1n) is 9.51. The lowest BCUT2D eigenvalue weighted by atomic mass is 9.78. The van der Waals surface area contributed by atoms with Crippen molar-refractivity contribution in [1.82, 2.24) is 20.2 Å². The van der Waals surface area contributed by atoms with E-state index in [9.17, 15) is 4.39 Å². The summed E-state index contributed by atoms with van der Waals surface area (Å²) in [7, 11) is 0. The maximum absolute atomic E-state index is 14.1. The van der Waals surface area contributed by atoms with Crippen molar-refractivity contribution in [3.8, 4) is 23.3 Å². The number of hydrogen-bond acceptors (Lipinski definition) is 6. The molecule has 0 saturated carbocycles. The summed E-state index contributed by atoms with van der Waals surface area (Å²) >= 11 is 0. The Hall–Kier alpha value is -3.61. The highest BCUT2D eigenvalue weighted by molar-refractivity contribution is 5.47. The minimum atomic E-state index is -0.666. The molecule has 0 spiro atoms. The minimum absolute atomic E-state index is 0.00667. The SMILES string of the molecule is Cc1ccc(C(C)(C)c2ccc(Oc3ncc(F)c(-c4nnc(C)o4)n3)cc2)cc1. The number of aromatic nitrogens is 4. The van der Waals surface area contributed by atoms with Gasteiger partial charge in [-0.15, -0.1) is 10.2 Å². The van der Waals surface area contributed by atoms with Crippen LogP contribution in [0.5, 0.6) is 11.8 Å². The third-order valence-electron chi connectivity index (χ3n) is 5.01. The minimum Gasteiger partial charge on any atom is -0.424 e. The summed E-state index contributed by atoms with van der Waals surface area (Å²) in [6.07, 6.45) is 1.02. The third kappa shape index (κ3) is 3.91. The van der Waals surface area contributed by atoms with Gasteiger partial charge in [0.2, 0.25) is 5.89 Å². The molecule has 0 atom stereocenters. The summed E-state index contributed by atoms with van der Waals surface area (Å²) in [5.41, 5.74) is 3.33. The van der Waals surface area contributed by atoms with Gasteiger partial charge in [-0.1, -0.05) is 55.8 Å². The monoisotopic (exact) mass is 404 g/mol. The smallest absolute Gasteiger partial charge is 0.322 e. The Morgan fingerprint density at radius 3 is 2.13 bits per heavy atom. The van der Waals surface area contributed by atoms with Crippen LogP contribution < -0.4 is 4.74 Å². The van der Waals surface area contributed by atoms with Crippen molar-refractivity contribution in [3.63, 3.8) is 0 Å². The van der Waals surface area contributed by atoms with E-state index in [1.54, 1.807) is 6.92 Å². The summed E-state index contributed by atoms with van der Waals surface area (Å²) in [4.78, 5) is 7.97. The molecule has 2 aromatic heterocycles. The first-order valence-corrected chi connectivity index (χ1v) is 9.51. The van der Waals surface area contributed by atoms with E-state index in [-0.39, 0.29) is 23.0 Å². The fourth-order valence-corrected chi connectivity index (χ4v) is 3.12. The van der Waals surface area contributed by atoms with Gasteiger partial charge in [-0.2, -0.15) is 4.98 Å². The summed E-state index contributed by atoms with van der Waals surface area (Å²) < 4.78 is 25.0. The molecule has 0 radical (unpaired) electrons. The highest BCUT2D eigenvalue weighted by atomic mass is 19.1. The van der Waals surface area contributed by atoms with Gasteiger partial charge in [-0.3, -0.25) is 0 Å². The fourth-order valence-electron chi connectivity index (χ4n) is 3.12. The maximum atomic E-state index is 14.1. The summed E-state index contributed by atoms with van der Waals surface area (Å²) in [5.74, 6) is 0.170. The predicted molar refractivity (Wildman–Crippen MR) is 110 cm³/mol. The Balaban J connectivity index is 1.56. The molecule has 0 N–H and O–H groups in total. The summed E-state index contributed by atoms with van der Waals surface area (Å²) in [5, 5.41) is 7.49. The van der Waals surface area contributed by atoms with E-state index in [1.165, 1.54) is 11.1 Å². The normalized spacial score (nSPS) is 11.5. The van der Waals surface area contributed by atoms with E-state index in [4.69, 9.17) is 9.15 Å². The molecule has 0 aliphatic heterocycles. The van der Waals surface area contributed by atoms with Crippen molar-refractivity contribution in [2.45, 2.75) is 33.1 Å². The second-order valence-electron chi connectivity index (χ2n) is 7.59. The number of halogens is 1. The zero-order chi connectivity index (χ0) is 21.3. The first kappa shape index (κ1) is 19.7. The van der Waals surface area contributed by atoms with Crippen molar-refractivity contribution in [3.05, 3.63) is 83.1 Å². The van der Waals surface area contributed by atoms with Gasteiger partial charge >= 0.3 is 6.01 Å². The van der Waals surface area contributed by atoms with Crippen molar-refractivity contribution < 1.29 is 13.5 Å². The number of hydrogen-bond donors (Lipinski definition) is 0. The summed E-state index contributed by atoms with van der Waals surface area (Å²) in [6, 6.07) is 16.2. The second kappa shape index (κ2) is 7.67. The topological polar surface area (TPSA) is 73.9 Å². The highest BCUT2D eigenvalue weighted by Crippen LogP contribution is 2.33. The van der Waals surface area contributed by atoms with Gasteiger partial charge in [-0.05, 0) is 30.2 Å². The van der Waals surface area contributed by atoms with Crippen LogP contribution in [0.1, 0.15) is 36.4 Å². The zero-order valence-corrected chi connectivity index (χ0v) is 17.2. The molecule has 0 unspecified atom stereocenters. The van der Waals surface area contributed by atoms with Gasteiger partial charge in [-0.25, -0.2) is 9.37 Å². The molecule has 4 rings (SSSR count). The molecule has 0 aliphatic carbocycles. The van der Waals surface area contributed by atoms with Crippen LogP contribution in [0.15, 0.2) is 59.1 Å². The van der Waals surface area contributed by atoms with E-state index in [1.807, 2.05) is 24.3 Å². The quantitative estimate of drug-likeness (QED) is 0.443. The van der Waals surface area contributed by atoms with Gasteiger partial charge in [0, 0.05) is 12.3 Å². The van der Waals surface area contributed by atoms with Crippen molar-refractivity contribution in [2.24, 2.45) is 0 Å². The lowest BCUT2D eigenvalue weighted by Gasteiger charge is -2.26. The van der Waals surface area contributed by atoms with Crippen LogP contribution in [0.3, 0.4) is 0 Å². The molecule has 0 amide bonds. The molecule has 0 aliphatic rings. The van der Waals surface area contributed by atoms with Crippen LogP contribution in [0.2, 0.25) is 0 Å². The molecule has 0 bridgehead atoms. The second-order valence-corrected chi connectivity index (χ2v) is 7.59. The Morgan fingerprint density at radius 1 is 0.900 bits per heavy atom. The van der Waals surface area contributed by atoms with Gasteiger partial charge in [0.05, 0.1) is 6.20 Å². The van der Waals surface area contributed by atoms with Crippen LogP contribution in [0.25, 0.3) is 11.6 Å². The van der Waals surface area contributed by atoms with E-state index in [2.05, 4.69) is 65.2 Å². The fraction of sp³-hybridized carbons (Fsp3) is 0.217. The average molecular weight is 404 g/mol. The molecular formula is C23H21FN4O2. The van der Waals surface area contributed by atoms with Crippen molar-refractivity contribution in [2.75, 3.05) is 0 Å². The first-order chi connectivity index (χ1) is 14.3. The largest absolute Gasteiger partial charge is 0.424 e. The van der Waals surface area contributed by atoms with E-state index < -0.39 is 5.82 Å². The van der Waals surface area contributed by atoms with Crippen LogP contribution in [-0.4, -0.2) is 20.2 Å². The van der Waals surface area contributed by atoms with Crippen LogP contribution >= 0.6 is 0 Å². The molecule has 2 heterocycles. The Labute approximate surface area is 173 Å². The molecule has 0 saturated heterocycles. The zero-order valence-electron chi connectivity index (χ0n) is 17.2. The van der Waals surface area contributed by atoms with E-state index in [0.717, 1.165) is 11.8 Å². The average Bonchev–Trinajstić information content (AvgIpc) is 3.16. The number of aryl methyl sites for hydroxylation is 2. The molecule has 30 heavy (non-hydrogen) atoms. The van der Waals surface area contributed by atoms with Crippen molar-refractivity contribution in [1.29, 1.82) is 0 Å². The van der Waals surface area contributed by atoms with Gasteiger partial charge in [0.1, 0.15) is 5.75 Å². The Kier molecular flexibility index (Phi) is 5.03. The summed E-state index contributed by atoms with van der Waals surface area (Å²) in [6.45, 7) is 8.04. The Bertz CT molecular complexity index is 1170. The van der Waals surface area contributed by atoms with Gasteiger partial charge in [0.15, 0.2) is 11.5 Å². The molecule has 7 heteroatoms. The van der Waals surface area contributed by atoms with Gasteiger partial charge < -0.3 is 9.15 Å². The molecule has 4 aromatic rings. The van der Waals surface area contributed by atoms with E-state index >= 15 is 0 Å². The number of ether oxygens (including phenoxy) is 1. The Morgan fingerprint density at radius 2 is 1.53 bits per heavy atom. The van der Waals surface area contributed by atoms with Crippen LogP contribution in [0.4, 0.5) is 4.39 Å². The number of rotatable bonds is 5. The number of benzene rings is 2. The molecule has 0 fully saturated rings.